The second-order valence-electron chi connectivity index (χ2n) is 5.85. The molecule has 0 spiro atoms. The Morgan fingerprint density at radius 2 is 1.87 bits per heavy atom. The summed E-state index contributed by atoms with van der Waals surface area (Å²) in [4.78, 5) is 13.7. The molecule has 1 aliphatic carbocycles. The van der Waals surface area contributed by atoms with E-state index in [1.54, 1.807) is 23.9 Å². The van der Waals surface area contributed by atoms with E-state index in [-0.39, 0.29) is 22.8 Å². The van der Waals surface area contributed by atoms with Crippen LogP contribution >= 0.6 is 11.8 Å². The number of anilines is 1. The van der Waals surface area contributed by atoms with Gasteiger partial charge in [-0.1, -0.05) is 30.3 Å². The summed E-state index contributed by atoms with van der Waals surface area (Å²) in [6.07, 6.45) is 3.48. The summed E-state index contributed by atoms with van der Waals surface area (Å²) in [6, 6.07) is 14.6. The molecule has 2 aromatic carbocycles. The van der Waals surface area contributed by atoms with Crippen molar-refractivity contribution in [3.05, 3.63) is 71.7 Å². The molecule has 2 atom stereocenters. The van der Waals surface area contributed by atoms with Gasteiger partial charge < -0.3 is 5.32 Å². The molecule has 0 saturated heterocycles. The molecule has 0 radical (unpaired) electrons. The van der Waals surface area contributed by atoms with Crippen molar-refractivity contribution in [1.82, 2.24) is 0 Å². The minimum Gasteiger partial charge on any atom is -0.358 e. The number of halogens is 1. The first kappa shape index (κ1) is 14.5. The smallest absolute Gasteiger partial charge is 0.143 e. The molecule has 4 heteroatoms. The minimum absolute atomic E-state index is 0.0363. The van der Waals surface area contributed by atoms with E-state index >= 15 is 0 Å². The Kier molecular flexibility index (Phi) is 3.69. The van der Waals surface area contributed by atoms with E-state index in [9.17, 15) is 9.18 Å². The number of rotatable bonds is 1. The van der Waals surface area contributed by atoms with E-state index in [1.807, 2.05) is 18.2 Å². The normalized spacial score (nSPS) is 23.2. The summed E-state index contributed by atoms with van der Waals surface area (Å²) in [5.74, 6) is -0.201. The number of hydrogen-bond acceptors (Lipinski definition) is 3. The standard InChI is InChI=1S/C19H16FNOS/c20-13-10-8-12(9-11-13)19-18-15(5-3-6-16(18)22)21-14-4-1-2-7-17(14)23-19/h1-2,4-5,7-11,18-19,21H,3,6H2/t18-,19-/m1/s1. The van der Waals surface area contributed by atoms with E-state index in [1.165, 1.54) is 12.1 Å². The van der Waals surface area contributed by atoms with E-state index < -0.39 is 0 Å². The number of nitrogens with one attached hydrogen (secondary N) is 1. The van der Waals surface area contributed by atoms with Gasteiger partial charge in [-0.2, -0.15) is 0 Å². The zero-order valence-corrected chi connectivity index (χ0v) is 13.3. The van der Waals surface area contributed by atoms with Crippen LogP contribution in [-0.2, 0) is 4.79 Å². The average molecular weight is 325 g/mol. The van der Waals surface area contributed by atoms with Crippen LogP contribution in [0.25, 0.3) is 0 Å². The van der Waals surface area contributed by atoms with Crippen LogP contribution in [0.15, 0.2) is 65.2 Å². The van der Waals surface area contributed by atoms with Crippen LogP contribution in [0.4, 0.5) is 10.1 Å². The first-order valence-electron chi connectivity index (χ1n) is 7.73. The van der Waals surface area contributed by atoms with Crippen LogP contribution in [0.3, 0.4) is 0 Å². The third-order valence-corrected chi connectivity index (χ3v) is 5.77. The van der Waals surface area contributed by atoms with Crippen molar-refractivity contribution in [2.75, 3.05) is 5.32 Å². The number of allylic oxidation sites excluding steroid dienone is 2. The molecule has 2 aromatic rings. The summed E-state index contributed by atoms with van der Waals surface area (Å²) >= 11 is 1.68. The van der Waals surface area contributed by atoms with Gasteiger partial charge in [-0.3, -0.25) is 4.79 Å². The van der Waals surface area contributed by atoms with Crippen LogP contribution in [0.2, 0.25) is 0 Å². The van der Waals surface area contributed by atoms with Crippen molar-refractivity contribution in [1.29, 1.82) is 0 Å². The molecule has 1 aliphatic heterocycles. The minimum atomic E-state index is -0.253. The highest BCUT2D eigenvalue weighted by molar-refractivity contribution is 7.99. The molecule has 116 valence electrons. The van der Waals surface area contributed by atoms with E-state index in [4.69, 9.17) is 0 Å². The number of ketones is 1. The number of fused-ring (bicyclic) bond motifs is 2. The number of carbonyl (C=O) groups is 1. The fourth-order valence-corrected chi connectivity index (χ4v) is 4.64. The van der Waals surface area contributed by atoms with Crippen molar-refractivity contribution in [2.24, 2.45) is 5.92 Å². The number of thioether (sulfide) groups is 1. The topological polar surface area (TPSA) is 29.1 Å². The fourth-order valence-electron chi connectivity index (χ4n) is 3.23. The zero-order chi connectivity index (χ0) is 15.8. The summed E-state index contributed by atoms with van der Waals surface area (Å²) in [6.45, 7) is 0. The number of hydrogen-bond donors (Lipinski definition) is 1. The number of para-hydroxylation sites is 1. The highest BCUT2D eigenvalue weighted by Crippen LogP contribution is 2.50. The van der Waals surface area contributed by atoms with Crippen molar-refractivity contribution in [3.63, 3.8) is 0 Å². The molecular formula is C19H16FNOS. The molecule has 0 amide bonds. The number of carbonyl (C=O) groups excluding carboxylic acids is 1. The quantitative estimate of drug-likeness (QED) is 0.804. The summed E-state index contributed by atoms with van der Waals surface area (Å²) in [5.41, 5.74) is 3.00. The molecule has 2 aliphatic rings. The van der Waals surface area contributed by atoms with Gasteiger partial charge in [0.2, 0.25) is 0 Å². The molecule has 0 bridgehead atoms. The predicted molar refractivity (Wildman–Crippen MR) is 90.9 cm³/mol. The molecule has 0 fully saturated rings. The maximum atomic E-state index is 13.3. The monoisotopic (exact) mass is 325 g/mol. The maximum absolute atomic E-state index is 13.3. The molecule has 1 heterocycles. The van der Waals surface area contributed by atoms with Gasteiger partial charge in [0.25, 0.3) is 0 Å². The van der Waals surface area contributed by atoms with Crippen LogP contribution in [0.5, 0.6) is 0 Å². The Labute approximate surface area is 138 Å². The SMILES string of the molecule is O=C1CCC=C2Nc3ccccc3S[C@H](c3ccc(F)cc3)[C@@H]12. The molecule has 1 N–H and O–H groups in total. The van der Waals surface area contributed by atoms with Gasteiger partial charge >= 0.3 is 0 Å². The molecule has 0 aromatic heterocycles. The number of benzene rings is 2. The van der Waals surface area contributed by atoms with Gasteiger partial charge in [-0.25, -0.2) is 4.39 Å². The van der Waals surface area contributed by atoms with E-state index in [0.29, 0.717) is 6.42 Å². The second kappa shape index (κ2) is 5.85. The number of Topliss-reactive ketones (excluding diaryl/α,β-unsaturated/α-hetero) is 1. The van der Waals surface area contributed by atoms with Gasteiger partial charge in [0.05, 0.1) is 11.6 Å². The molecule has 23 heavy (non-hydrogen) atoms. The molecule has 0 unspecified atom stereocenters. The Hall–Kier alpha value is -2.07. The molecule has 4 rings (SSSR count). The van der Waals surface area contributed by atoms with Gasteiger partial charge in [0, 0.05) is 22.3 Å². The zero-order valence-electron chi connectivity index (χ0n) is 12.5. The lowest BCUT2D eigenvalue weighted by atomic mass is 9.85. The molecule has 2 nitrogen and oxygen atoms in total. The lowest BCUT2D eigenvalue weighted by Crippen LogP contribution is -2.27. The van der Waals surface area contributed by atoms with Crippen molar-refractivity contribution < 1.29 is 9.18 Å². The summed E-state index contributed by atoms with van der Waals surface area (Å²) in [5, 5.41) is 3.41. The predicted octanol–water partition coefficient (Wildman–Crippen LogP) is 4.95. The Bertz CT molecular complexity index is 784. The van der Waals surface area contributed by atoms with E-state index in [2.05, 4.69) is 17.5 Å². The van der Waals surface area contributed by atoms with Gasteiger partial charge in [0.1, 0.15) is 11.6 Å². The van der Waals surface area contributed by atoms with Crippen LogP contribution in [0.1, 0.15) is 23.7 Å². The second-order valence-corrected chi connectivity index (χ2v) is 7.04. The van der Waals surface area contributed by atoms with Crippen molar-refractivity contribution in [2.45, 2.75) is 23.0 Å². The summed E-state index contributed by atoms with van der Waals surface area (Å²) < 4.78 is 13.3. The van der Waals surface area contributed by atoms with Crippen LogP contribution in [-0.4, -0.2) is 5.78 Å². The van der Waals surface area contributed by atoms with E-state index in [0.717, 1.165) is 28.3 Å². The Balaban J connectivity index is 1.84. The first-order chi connectivity index (χ1) is 11.2. The van der Waals surface area contributed by atoms with Crippen molar-refractivity contribution >= 4 is 23.2 Å². The fraction of sp³-hybridized carbons (Fsp3) is 0.211. The third-order valence-electron chi connectivity index (χ3n) is 4.36. The van der Waals surface area contributed by atoms with Crippen LogP contribution in [0, 0.1) is 11.7 Å². The van der Waals surface area contributed by atoms with Gasteiger partial charge in [-0.05, 0) is 36.2 Å². The summed E-state index contributed by atoms with van der Waals surface area (Å²) in [7, 11) is 0. The van der Waals surface area contributed by atoms with Crippen LogP contribution < -0.4 is 5.32 Å². The Morgan fingerprint density at radius 1 is 1.09 bits per heavy atom. The van der Waals surface area contributed by atoms with Gasteiger partial charge in [0.15, 0.2) is 0 Å². The molecule has 0 saturated carbocycles. The maximum Gasteiger partial charge on any atom is 0.143 e. The molecular weight excluding hydrogens is 309 g/mol. The highest BCUT2D eigenvalue weighted by atomic mass is 32.2. The largest absolute Gasteiger partial charge is 0.358 e. The van der Waals surface area contributed by atoms with Crippen molar-refractivity contribution in [3.8, 4) is 0 Å². The van der Waals surface area contributed by atoms with Gasteiger partial charge in [-0.15, -0.1) is 11.8 Å². The lowest BCUT2D eigenvalue weighted by molar-refractivity contribution is -0.122. The average Bonchev–Trinajstić information content (AvgIpc) is 2.73. The Morgan fingerprint density at radius 3 is 2.70 bits per heavy atom. The first-order valence-corrected chi connectivity index (χ1v) is 8.61. The lowest BCUT2D eigenvalue weighted by Gasteiger charge is -2.28. The highest BCUT2D eigenvalue weighted by Gasteiger charge is 2.37. The third kappa shape index (κ3) is 2.68.